The largest absolute Gasteiger partial charge is 0.465 e. The second-order valence-corrected chi connectivity index (χ2v) is 9.00. The van der Waals surface area contributed by atoms with Gasteiger partial charge in [0.15, 0.2) is 0 Å². The van der Waals surface area contributed by atoms with Crippen LogP contribution in [0.2, 0.25) is 5.02 Å². The zero-order valence-corrected chi connectivity index (χ0v) is 20.7. The monoisotopic (exact) mass is 559 g/mol. The SMILES string of the molecule is CCOC(=O)C1(CC)CN(CC(=O)Nc2ccc(Br)cc2)N=C1c1ccc(C(F)(F)F)c(Cl)c1. The summed E-state index contributed by atoms with van der Waals surface area (Å²) in [6.07, 6.45) is -4.36. The van der Waals surface area contributed by atoms with Gasteiger partial charge in [-0.15, -0.1) is 0 Å². The van der Waals surface area contributed by atoms with Gasteiger partial charge in [0.2, 0.25) is 5.91 Å². The number of benzene rings is 2. The van der Waals surface area contributed by atoms with E-state index in [1.54, 1.807) is 38.1 Å². The molecule has 34 heavy (non-hydrogen) atoms. The van der Waals surface area contributed by atoms with E-state index in [9.17, 15) is 22.8 Å². The number of ether oxygens (including phenoxy) is 1. The normalized spacial score (nSPS) is 18.0. The smallest absolute Gasteiger partial charge is 0.417 e. The molecule has 0 spiro atoms. The number of hydrogen-bond acceptors (Lipinski definition) is 5. The molecule has 182 valence electrons. The van der Waals surface area contributed by atoms with Crippen molar-refractivity contribution in [2.24, 2.45) is 10.5 Å². The van der Waals surface area contributed by atoms with Crippen LogP contribution < -0.4 is 5.32 Å². The number of hydrogen-bond donors (Lipinski definition) is 1. The lowest BCUT2D eigenvalue weighted by Crippen LogP contribution is -2.43. The number of alkyl halides is 3. The fraction of sp³-hybridized carbons (Fsp3) is 0.348. The average molecular weight is 561 g/mol. The fourth-order valence-corrected chi connectivity index (χ4v) is 4.28. The second kappa shape index (κ2) is 10.4. The third-order valence-corrected chi connectivity index (χ3v) is 6.26. The molecule has 1 unspecified atom stereocenters. The molecule has 0 radical (unpaired) electrons. The highest BCUT2D eigenvalue weighted by Gasteiger charge is 2.50. The number of carbonyl (C=O) groups excluding carboxylic acids is 2. The van der Waals surface area contributed by atoms with Crippen LogP contribution in [0.1, 0.15) is 31.4 Å². The molecule has 1 aliphatic rings. The lowest BCUT2D eigenvalue weighted by atomic mass is 9.77. The Labute approximate surface area is 208 Å². The van der Waals surface area contributed by atoms with Gasteiger partial charge in [-0.1, -0.05) is 40.5 Å². The number of nitrogens with zero attached hydrogens (tertiary/aromatic N) is 2. The average Bonchev–Trinajstić information content (AvgIpc) is 3.14. The molecule has 11 heteroatoms. The number of hydrazone groups is 1. The summed E-state index contributed by atoms with van der Waals surface area (Å²) in [5.41, 5.74) is -1.21. The van der Waals surface area contributed by atoms with Crippen LogP contribution in [0, 0.1) is 5.41 Å². The Kier molecular flexibility index (Phi) is 7.92. The standard InChI is InChI=1S/C23H22BrClF3N3O3/c1-3-22(21(33)34-4-2)13-31(12-19(32)29-16-8-6-15(24)7-9-16)30-20(22)14-5-10-17(18(25)11-14)23(26,27)28/h5-11H,3-4,12-13H2,1-2H3,(H,29,32). The Morgan fingerprint density at radius 1 is 1.21 bits per heavy atom. The first-order valence-electron chi connectivity index (χ1n) is 10.4. The van der Waals surface area contributed by atoms with Gasteiger partial charge in [0.05, 0.1) is 29.4 Å². The van der Waals surface area contributed by atoms with Crippen molar-refractivity contribution in [3.05, 3.63) is 63.1 Å². The summed E-state index contributed by atoms with van der Waals surface area (Å²) in [5.74, 6) is -0.935. The van der Waals surface area contributed by atoms with Crippen molar-refractivity contribution in [3.8, 4) is 0 Å². The first kappa shape index (κ1) is 26.0. The summed E-state index contributed by atoms with van der Waals surface area (Å²) in [4.78, 5) is 25.6. The minimum Gasteiger partial charge on any atom is -0.465 e. The van der Waals surface area contributed by atoms with E-state index in [-0.39, 0.29) is 43.3 Å². The summed E-state index contributed by atoms with van der Waals surface area (Å²) < 4.78 is 45.6. The maximum atomic E-state index is 13.2. The first-order valence-corrected chi connectivity index (χ1v) is 11.6. The molecule has 2 aromatic carbocycles. The van der Waals surface area contributed by atoms with E-state index >= 15 is 0 Å². The summed E-state index contributed by atoms with van der Waals surface area (Å²) in [6.45, 7) is 3.39. The Balaban J connectivity index is 1.93. The second-order valence-electron chi connectivity index (χ2n) is 7.67. The van der Waals surface area contributed by atoms with Crippen molar-refractivity contribution in [3.63, 3.8) is 0 Å². The van der Waals surface area contributed by atoms with Crippen molar-refractivity contribution in [1.29, 1.82) is 0 Å². The van der Waals surface area contributed by atoms with E-state index in [2.05, 4.69) is 26.3 Å². The minimum absolute atomic E-state index is 0.0318. The Hall–Kier alpha value is -2.59. The molecule has 1 N–H and O–H groups in total. The van der Waals surface area contributed by atoms with Gasteiger partial charge >= 0.3 is 12.1 Å². The van der Waals surface area contributed by atoms with E-state index in [1.165, 1.54) is 11.1 Å². The van der Waals surface area contributed by atoms with Crippen LogP contribution in [0.15, 0.2) is 52.0 Å². The highest BCUT2D eigenvalue weighted by Crippen LogP contribution is 2.39. The topological polar surface area (TPSA) is 71.0 Å². The molecule has 1 amide bonds. The predicted molar refractivity (Wildman–Crippen MR) is 127 cm³/mol. The van der Waals surface area contributed by atoms with Crippen molar-refractivity contribution in [1.82, 2.24) is 5.01 Å². The van der Waals surface area contributed by atoms with Crippen LogP contribution in [0.3, 0.4) is 0 Å². The Morgan fingerprint density at radius 3 is 2.44 bits per heavy atom. The molecule has 0 saturated heterocycles. The number of halogens is 5. The lowest BCUT2D eigenvalue weighted by Gasteiger charge is -2.27. The summed E-state index contributed by atoms with van der Waals surface area (Å²) >= 11 is 9.24. The Bertz CT molecular complexity index is 1110. The molecule has 2 aromatic rings. The molecule has 1 aliphatic heterocycles. The number of amides is 1. The lowest BCUT2D eigenvalue weighted by molar-refractivity contribution is -0.151. The van der Waals surface area contributed by atoms with Crippen molar-refractivity contribution in [2.45, 2.75) is 26.4 Å². The number of anilines is 1. The zero-order chi connectivity index (χ0) is 25.1. The van der Waals surface area contributed by atoms with Gasteiger partial charge in [0.1, 0.15) is 12.0 Å². The van der Waals surface area contributed by atoms with Gasteiger partial charge in [-0.05, 0) is 49.7 Å². The molecule has 1 atom stereocenters. The number of nitrogens with one attached hydrogen (secondary N) is 1. The van der Waals surface area contributed by atoms with Crippen LogP contribution in [0.25, 0.3) is 0 Å². The predicted octanol–water partition coefficient (Wildman–Crippen LogP) is 5.74. The number of esters is 1. The van der Waals surface area contributed by atoms with Crippen LogP contribution in [0.4, 0.5) is 18.9 Å². The van der Waals surface area contributed by atoms with E-state index in [4.69, 9.17) is 16.3 Å². The van der Waals surface area contributed by atoms with Crippen molar-refractivity contribution in [2.75, 3.05) is 25.0 Å². The molecule has 6 nitrogen and oxygen atoms in total. The van der Waals surface area contributed by atoms with E-state index in [0.717, 1.165) is 16.6 Å². The number of carbonyl (C=O) groups is 2. The van der Waals surface area contributed by atoms with Crippen molar-refractivity contribution >= 4 is 50.8 Å². The first-order chi connectivity index (χ1) is 16.0. The highest BCUT2D eigenvalue weighted by molar-refractivity contribution is 9.10. The molecule has 1 heterocycles. The molecule has 0 aromatic heterocycles. The van der Waals surface area contributed by atoms with Crippen LogP contribution >= 0.6 is 27.5 Å². The molecular weight excluding hydrogens is 539 g/mol. The van der Waals surface area contributed by atoms with Gasteiger partial charge < -0.3 is 10.1 Å². The molecule has 0 saturated carbocycles. The summed E-state index contributed by atoms with van der Waals surface area (Å²) in [6, 6.07) is 10.2. The van der Waals surface area contributed by atoms with Crippen LogP contribution in [-0.2, 0) is 20.5 Å². The fourth-order valence-electron chi connectivity index (χ4n) is 3.73. The molecular formula is C23H22BrClF3N3O3. The summed E-state index contributed by atoms with van der Waals surface area (Å²) in [5, 5.41) is 8.11. The van der Waals surface area contributed by atoms with Crippen LogP contribution in [-0.4, -0.2) is 42.3 Å². The third kappa shape index (κ3) is 5.55. The highest BCUT2D eigenvalue weighted by atomic mass is 79.9. The van der Waals surface area contributed by atoms with Gasteiger partial charge in [0.25, 0.3) is 0 Å². The Morgan fingerprint density at radius 2 is 1.88 bits per heavy atom. The van der Waals surface area contributed by atoms with Gasteiger partial charge in [-0.2, -0.15) is 18.3 Å². The maximum Gasteiger partial charge on any atom is 0.417 e. The van der Waals surface area contributed by atoms with E-state index < -0.39 is 28.1 Å². The zero-order valence-electron chi connectivity index (χ0n) is 18.4. The quantitative estimate of drug-likeness (QED) is 0.439. The van der Waals surface area contributed by atoms with Crippen LogP contribution in [0.5, 0.6) is 0 Å². The molecule has 0 bridgehead atoms. The maximum absolute atomic E-state index is 13.2. The number of rotatable bonds is 7. The molecule has 3 rings (SSSR count). The van der Waals surface area contributed by atoms with E-state index in [0.29, 0.717) is 5.69 Å². The van der Waals surface area contributed by atoms with Crippen molar-refractivity contribution < 1.29 is 27.5 Å². The minimum atomic E-state index is -4.62. The third-order valence-electron chi connectivity index (χ3n) is 5.42. The molecule has 0 fully saturated rings. The van der Waals surface area contributed by atoms with Gasteiger partial charge in [-0.3, -0.25) is 14.6 Å². The summed E-state index contributed by atoms with van der Waals surface area (Å²) in [7, 11) is 0. The van der Waals surface area contributed by atoms with Gasteiger partial charge in [0, 0.05) is 15.7 Å². The molecule has 0 aliphatic carbocycles. The van der Waals surface area contributed by atoms with Gasteiger partial charge in [-0.25, -0.2) is 0 Å². The van der Waals surface area contributed by atoms with E-state index in [1.807, 2.05) is 0 Å².